The van der Waals surface area contributed by atoms with Gasteiger partial charge in [0, 0.05) is 6.07 Å². The maximum absolute atomic E-state index is 12.3. The van der Waals surface area contributed by atoms with Gasteiger partial charge in [-0.15, -0.1) is 0 Å². The SMILES string of the molecule is C[C@@H](O)c1ccc(C(F)(F)F)cc1[N+](=O)[O-]. The van der Waals surface area contributed by atoms with Gasteiger partial charge in [0.2, 0.25) is 0 Å². The van der Waals surface area contributed by atoms with Crippen LogP contribution in [0.4, 0.5) is 18.9 Å². The van der Waals surface area contributed by atoms with E-state index in [4.69, 9.17) is 5.11 Å². The first-order valence-electron chi connectivity index (χ1n) is 4.27. The van der Waals surface area contributed by atoms with Crippen molar-refractivity contribution >= 4 is 5.69 Å². The fraction of sp³-hybridized carbons (Fsp3) is 0.333. The number of aliphatic hydroxyl groups is 1. The predicted molar refractivity (Wildman–Crippen MR) is 48.7 cm³/mol. The van der Waals surface area contributed by atoms with Crippen molar-refractivity contribution in [3.05, 3.63) is 39.4 Å². The molecule has 0 fully saturated rings. The lowest BCUT2D eigenvalue weighted by atomic mass is 10.1. The van der Waals surface area contributed by atoms with Gasteiger partial charge in [0.25, 0.3) is 5.69 Å². The first kappa shape index (κ1) is 12.4. The summed E-state index contributed by atoms with van der Waals surface area (Å²) < 4.78 is 36.8. The molecule has 0 bridgehead atoms. The van der Waals surface area contributed by atoms with Crippen LogP contribution in [0.15, 0.2) is 18.2 Å². The van der Waals surface area contributed by atoms with Crippen molar-refractivity contribution in [2.45, 2.75) is 19.2 Å². The summed E-state index contributed by atoms with van der Waals surface area (Å²) in [5, 5.41) is 19.7. The molecule has 0 aromatic heterocycles. The van der Waals surface area contributed by atoms with Crippen LogP contribution in [0.3, 0.4) is 0 Å². The lowest BCUT2D eigenvalue weighted by Crippen LogP contribution is -2.07. The number of halogens is 3. The summed E-state index contributed by atoms with van der Waals surface area (Å²) in [6.07, 6.45) is -5.83. The van der Waals surface area contributed by atoms with Gasteiger partial charge in [0.15, 0.2) is 0 Å². The summed E-state index contributed by atoms with van der Waals surface area (Å²) in [7, 11) is 0. The highest BCUT2D eigenvalue weighted by atomic mass is 19.4. The molecule has 4 nitrogen and oxygen atoms in total. The van der Waals surface area contributed by atoms with Crippen LogP contribution in [-0.2, 0) is 6.18 Å². The second kappa shape index (κ2) is 4.09. The second-order valence-electron chi connectivity index (χ2n) is 3.20. The minimum absolute atomic E-state index is 0.141. The Morgan fingerprint density at radius 2 is 2.00 bits per heavy atom. The molecule has 1 aromatic carbocycles. The van der Waals surface area contributed by atoms with Crippen LogP contribution >= 0.6 is 0 Å². The second-order valence-corrected chi connectivity index (χ2v) is 3.20. The van der Waals surface area contributed by atoms with Gasteiger partial charge < -0.3 is 5.11 Å². The summed E-state index contributed by atoms with van der Waals surface area (Å²) in [6.45, 7) is 1.25. The first-order chi connectivity index (χ1) is 7.23. The van der Waals surface area contributed by atoms with Crippen LogP contribution in [0.1, 0.15) is 24.2 Å². The molecular formula is C9H8F3NO3. The van der Waals surface area contributed by atoms with E-state index in [1.807, 2.05) is 0 Å². The molecule has 0 radical (unpaired) electrons. The van der Waals surface area contributed by atoms with Crippen molar-refractivity contribution in [3.63, 3.8) is 0 Å². The van der Waals surface area contributed by atoms with Crippen molar-refractivity contribution in [3.8, 4) is 0 Å². The highest BCUT2D eigenvalue weighted by Crippen LogP contribution is 2.34. The molecule has 0 aliphatic carbocycles. The zero-order valence-electron chi connectivity index (χ0n) is 8.15. The normalized spacial score (nSPS) is 13.6. The largest absolute Gasteiger partial charge is 0.416 e. The summed E-state index contributed by atoms with van der Waals surface area (Å²) >= 11 is 0. The Hall–Kier alpha value is -1.63. The van der Waals surface area contributed by atoms with Gasteiger partial charge in [-0.2, -0.15) is 13.2 Å². The average Bonchev–Trinajstić information content (AvgIpc) is 2.15. The number of nitro benzene ring substituents is 1. The van der Waals surface area contributed by atoms with E-state index in [0.717, 1.165) is 6.07 Å². The number of hydrogen-bond acceptors (Lipinski definition) is 3. The first-order valence-corrected chi connectivity index (χ1v) is 4.27. The van der Waals surface area contributed by atoms with Crippen molar-refractivity contribution in [1.82, 2.24) is 0 Å². The smallest absolute Gasteiger partial charge is 0.388 e. The van der Waals surface area contributed by atoms with Gasteiger partial charge >= 0.3 is 6.18 Å². The third-order valence-electron chi connectivity index (χ3n) is 2.00. The molecule has 0 saturated carbocycles. The van der Waals surface area contributed by atoms with E-state index < -0.39 is 28.5 Å². The number of alkyl halides is 3. The zero-order chi connectivity index (χ0) is 12.5. The lowest BCUT2D eigenvalue weighted by Gasteiger charge is -2.10. The van der Waals surface area contributed by atoms with Crippen molar-refractivity contribution in [2.24, 2.45) is 0 Å². The minimum Gasteiger partial charge on any atom is -0.388 e. The fourth-order valence-corrected chi connectivity index (χ4v) is 1.23. The van der Waals surface area contributed by atoms with Crippen LogP contribution in [0.25, 0.3) is 0 Å². The molecule has 1 N–H and O–H groups in total. The molecule has 1 aromatic rings. The van der Waals surface area contributed by atoms with Crippen molar-refractivity contribution in [2.75, 3.05) is 0 Å². The standard InChI is InChI=1S/C9H8F3NO3/c1-5(14)7-3-2-6(9(10,11)12)4-8(7)13(15)16/h2-5,14H,1H3/t5-/m1/s1. The lowest BCUT2D eigenvalue weighted by molar-refractivity contribution is -0.386. The third kappa shape index (κ3) is 2.48. The number of benzene rings is 1. The molecule has 7 heteroatoms. The molecule has 0 amide bonds. The molecule has 0 aliphatic rings. The Labute approximate surface area is 88.5 Å². The van der Waals surface area contributed by atoms with Crippen molar-refractivity contribution < 1.29 is 23.2 Å². The molecule has 0 spiro atoms. The molecular weight excluding hydrogens is 227 g/mol. The van der Waals surface area contributed by atoms with E-state index in [9.17, 15) is 23.3 Å². The molecule has 0 aliphatic heterocycles. The van der Waals surface area contributed by atoms with E-state index in [2.05, 4.69) is 0 Å². The number of rotatable bonds is 2. The van der Waals surface area contributed by atoms with Crippen LogP contribution in [-0.4, -0.2) is 10.0 Å². The van der Waals surface area contributed by atoms with Crippen LogP contribution < -0.4 is 0 Å². The van der Waals surface area contributed by atoms with E-state index >= 15 is 0 Å². The topological polar surface area (TPSA) is 63.4 Å². The minimum atomic E-state index is -4.64. The molecule has 0 heterocycles. The summed E-state index contributed by atoms with van der Waals surface area (Å²) in [6, 6.07) is 2.03. The molecule has 1 rings (SSSR count). The number of aliphatic hydroxyl groups excluding tert-OH is 1. The highest BCUT2D eigenvalue weighted by molar-refractivity contribution is 5.45. The Balaban J connectivity index is 3.34. The molecule has 0 unspecified atom stereocenters. The third-order valence-corrected chi connectivity index (χ3v) is 2.00. The van der Waals surface area contributed by atoms with Gasteiger partial charge in [-0.1, -0.05) is 0 Å². The molecule has 1 atom stereocenters. The maximum atomic E-state index is 12.3. The summed E-state index contributed by atoms with van der Waals surface area (Å²) in [5.74, 6) is 0. The van der Waals surface area contributed by atoms with E-state index in [0.29, 0.717) is 12.1 Å². The van der Waals surface area contributed by atoms with E-state index in [1.165, 1.54) is 6.92 Å². The highest BCUT2D eigenvalue weighted by Gasteiger charge is 2.33. The Bertz CT molecular complexity index is 415. The van der Waals surface area contributed by atoms with Gasteiger partial charge in [-0.25, -0.2) is 0 Å². The Kier molecular flexibility index (Phi) is 3.18. The van der Waals surface area contributed by atoms with Gasteiger partial charge in [-0.05, 0) is 19.1 Å². The Morgan fingerprint density at radius 1 is 1.44 bits per heavy atom. The summed E-state index contributed by atoms with van der Waals surface area (Å²) in [5.41, 5.74) is -1.98. The van der Waals surface area contributed by atoms with E-state index in [1.54, 1.807) is 0 Å². The van der Waals surface area contributed by atoms with E-state index in [-0.39, 0.29) is 5.56 Å². The quantitative estimate of drug-likeness (QED) is 0.633. The van der Waals surface area contributed by atoms with Crippen LogP contribution in [0.2, 0.25) is 0 Å². The fourth-order valence-electron chi connectivity index (χ4n) is 1.23. The Morgan fingerprint density at radius 3 is 2.38 bits per heavy atom. The van der Waals surface area contributed by atoms with Gasteiger partial charge in [0.1, 0.15) is 0 Å². The van der Waals surface area contributed by atoms with Crippen LogP contribution in [0, 0.1) is 10.1 Å². The van der Waals surface area contributed by atoms with Crippen LogP contribution in [0.5, 0.6) is 0 Å². The number of nitrogens with zero attached hydrogens (tertiary/aromatic N) is 1. The maximum Gasteiger partial charge on any atom is 0.416 e. The monoisotopic (exact) mass is 235 g/mol. The average molecular weight is 235 g/mol. The number of hydrogen-bond donors (Lipinski definition) is 1. The zero-order valence-corrected chi connectivity index (χ0v) is 8.15. The molecule has 16 heavy (non-hydrogen) atoms. The number of nitro groups is 1. The van der Waals surface area contributed by atoms with Gasteiger partial charge in [-0.3, -0.25) is 10.1 Å². The van der Waals surface area contributed by atoms with Gasteiger partial charge in [0.05, 0.1) is 22.2 Å². The van der Waals surface area contributed by atoms with Crippen molar-refractivity contribution in [1.29, 1.82) is 0 Å². The predicted octanol–water partition coefficient (Wildman–Crippen LogP) is 2.67. The molecule has 88 valence electrons. The molecule has 0 saturated heterocycles. The summed E-state index contributed by atoms with van der Waals surface area (Å²) in [4.78, 5) is 9.59.